The number of likely N-dealkylation sites (tertiary alicyclic amines) is 1. The lowest BCUT2D eigenvalue weighted by atomic mass is 9.89. The number of piperidine rings is 1. The number of phenolic OH excluding ortho intramolecular Hbond substituents is 1. The number of hydrogen-bond acceptors (Lipinski definition) is 3. The van der Waals surface area contributed by atoms with Gasteiger partial charge in [0.05, 0.1) is 5.56 Å². The summed E-state index contributed by atoms with van der Waals surface area (Å²) in [6.45, 7) is 3.89. The van der Waals surface area contributed by atoms with Gasteiger partial charge in [0.1, 0.15) is 29.7 Å². The van der Waals surface area contributed by atoms with Crippen molar-refractivity contribution in [3.63, 3.8) is 0 Å². The van der Waals surface area contributed by atoms with E-state index in [1.807, 2.05) is 24.3 Å². The third-order valence-corrected chi connectivity index (χ3v) is 6.78. The Bertz CT molecular complexity index is 1300. The van der Waals surface area contributed by atoms with Crippen molar-refractivity contribution in [1.82, 2.24) is 4.90 Å². The van der Waals surface area contributed by atoms with Gasteiger partial charge in [-0.25, -0.2) is 8.78 Å². The van der Waals surface area contributed by atoms with Gasteiger partial charge in [0, 0.05) is 6.54 Å². The van der Waals surface area contributed by atoms with Crippen LogP contribution in [0, 0.1) is 11.6 Å². The minimum absolute atomic E-state index is 0. The fourth-order valence-electron chi connectivity index (χ4n) is 4.94. The minimum Gasteiger partial charge on any atom is -0.508 e. The van der Waals surface area contributed by atoms with Gasteiger partial charge >= 0.3 is 0 Å². The molecule has 5 rings (SSSR count). The van der Waals surface area contributed by atoms with E-state index in [0.29, 0.717) is 18.6 Å². The van der Waals surface area contributed by atoms with Crippen LogP contribution in [0.1, 0.15) is 30.4 Å². The topological polar surface area (TPSA) is 32.7 Å². The maximum absolute atomic E-state index is 14.7. The van der Waals surface area contributed by atoms with Crippen LogP contribution in [0.25, 0.3) is 21.9 Å². The van der Waals surface area contributed by atoms with Crippen LogP contribution in [0.3, 0.4) is 0 Å². The predicted octanol–water partition coefficient (Wildman–Crippen LogP) is 7.37. The summed E-state index contributed by atoms with van der Waals surface area (Å²) in [7, 11) is 0. The smallest absolute Gasteiger partial charge is 0.133 e. The van der Waals surface area contributed by atoms with Crippen molar-refractivity contribution in [3.05, 3.63) is 95.6 Å². The molecule has 0 atom stereocenters. The van der Waals surface area contributed by atoms with Crippen LogP contribution in [0.2, 0.25) is 0 Å². The maximum atomic E-state index is 14.7. The average molecular weight is 510 g/mol. The van der Waals surface area contributed by atoms with Crippen molar-refractivity contribution in [2.24, 2.45) is 0 Å². The molecule has 4 aromatic carbocycles. The second-order valence-electron chi connectivity index (χ2n) is 9.17. The van der Waals surface area contributed by atoms with E-state index in [0.717, 1.165) is 47.3 Å². The summed E-state index contributed by atoms with van der Waals surface area (Å²) >= 11 is 0. The van der Waals surface area contributed by atoms with Gasteiger partial charge in [0.15, 0.2) is 0 Å². The van der Waals surface area contributed by atoms with E-state index >= 15 is 0 Å². The maximum Gasteiger partial charge on any atom is 0.133 e. The second-order valence-corrected chi connectivity index (χ2v) is 9.17. The lowest BCUT2D eigenvalue weighted by Crippen LogP contribution is -2.33. The third-order valence-electron chi connectivity index (χ3n) is 6.78. The van der Waals surface area contributed by atoms with E-state index in [4.69, 9.17) is 4.74 Å². The molecule has 0 spiro atoms. The number of aromatic hydroxyl groups is 1. The number of ether oxygens (including phenoxy) is 1. The zero-order valence-corrected chi connectivity index (χ0v) is 20.9. The molecule has 1 N–H and O–H groups in total. The highest BCUT2D eigenvalue weighted by molar-refractivity contribution is 5.93. The lowest BCUT2D eigenvalue weighted by Gasteiger charge is -2.26. The summed E-state index contributed by atoms with van der Waals surface area (Å²) in [5, 5.41) is 11.6. The number of halogens is 3. The highest BCUT2D eigenvalue weighted by Crippen LogP contribution is 2.36. The highest BCUT2D eigenvalue weighted by Gasteiger charge is 2.18. The van der Waals surface area contributed by atoms with Crippen LogP contribution < -0.4 is 4.74 Å². The predicted molar refractivity (Wildman–Crippen MR) is 143 cm³/mol. The van der Waals surface area contributed by atoms with E-state index in [1.54, 1.807) is 30.3 Å². The Morgan fingerprint density at radius 3 is 2.28 bits per heavy atom. The van der Waals surface area contributed by atoms with Gasteiger partial charge in [-0.1, -0.05) is 42.8 Å². The van der Waals surface area contributed by atoms with Crippen molar-refractivity contribution in [2.75, 3.05) is 26.2 Å². The molecule has 1 fully saturated rings. The second kappa shape index (κ2) is 11.7. The van der Waals surface area contributed by atoms with Gasteiger partial charge in [0.25, 0.3) is 0 Å². The minimum atomic E-state index is -0.596. The first-order valence-corrected chi connectivity index (χ1v) is 12.2. The van der Waals surface area contributed by atoms with Crippen molar-refractivity contribution < 1.29 is 18.6 Å². The molecular formula is C30H30ClF2NO2. The summed E-state index contributed by atoms with van der Waals surface area (Å²) in [6.07, 6.45) is 4.34. The van der Waals surface area contributed by atoms with Gasteiger partial charge in [0.2, 0.25) is 0 Å². The first-order chi connectivity index (χ1) is 17.1. The van der Waals surface area contributed by atoms with Crippen LogP contribution in [0.5, 0.6) is 11.5 Å². The molecule has 36 heavy (non-hydrogen) atoms. The van der Waals surface area contributed by atoms with Gasteiger partial charge in [-0.15, -0.1) is 12.4 Å². The molecule has 188 valence electrons. The Kier molecular flexibility index (Phi) is 8.44. The zero-order valence-electron chi connectivity index (χ0n) is 20.1. The molecule has 0 radical (unpaired) electrons. The highest BCUT2D eigenvalue weighted by atomic mass is 35.5. The molecule has 0 aliphatic carbocycles. The first kappa shape index (κ1) is 25.9. The lowest BCUT2D eigenvalue weighted by molar-refractivity contribution is 0.183. The molecule has 0 bridgehead atoms. The molecule has 0 saturated carbocycles. The van der Waals surface area contributed by atoms with Crippen molar-refractivity contribution in [3.8, 4) is 22.6 Å². The molecule has 4 aromatic rings. The van der Waals surface area contributed by atoms with Crippen LogP contribution in [-0.2, 0) is 6.42 Å². The zero-order chi connectivity index (χ0) is 24.2. The molecule has 1 heterocycles. The SMILES string of the molecule is Cl.Oc1ccc2c(Cc3ccc(OCCN4CCCCC4)cc3)c(-c3c(F)cccc3F)ccc2c1. The van der Waals surface area contributed by atoms with E-state index in [2.05, 4.69) is 4.90 Å². The van der Waals surface area contributed by atoms with Crippen molar-refractivity contribution >= 4 is 23.2 Å². The molecule has 1 saturated heterocycles. The Morgan fingerprint density at radius 1 is 0.833 bits per heavy atom. The molecule has 0 amide bonds. The number of hydrogen-bond donors (Lipinski definition) is 1. The molecular weight excluding hydrogens is 480 g/mol. The molecule has 0 unspecified atom stereocenters. The third kappa shape index (κ3) is 5.80. The van der Waals surface area contributed by atoms with E-state index in [1.165, 1.54) is 37.5 Å². The summed E-state index contributed by atoms with van der Waals surface area (Å²) in [4.78, 5) is 2.44. The number of fused-ring (bicyclic) bond motifs is 1. The van der Waals surface area contributed by atoms with Crippen LogP contribution >= 0.6 is 12.4 Å². The van der Waals surface area contributed by atoms with Gasteiger partial charge in [-0.2, -0.15) is 0 Å². The van der Waals surface area contributed by atoms with Crippen LogP contribution in [-0.4, -0.2) is 36.2 Å². The van der Waals surface area contributed by atoms with Crippen molar-refractivity contribution in [2.45, 2.75) is 25.7 Å². The van der Waals surface area contributed by atoms with E-state index < -0.39 is 11.6 Å². The Hall–Kier alpha value is -3.15. The standard InChI is InChI=1S/C30H29F2NO2.ClH/c31-28-5-4-6-29(32)30(28)26-13-9-22-20-23(34)10-14-25(22)27(26)19-21-7-11-24(12-8-21)35-18-17-33-15-2-1-3-16-33;/h4-14,20,34H,1-3,15-19H2;1H. The number of benzene rings is 4. The van der Waals surface area contributed by atoms with E-state index in [-0.39, 0.29) is 23.7 Å². The summed E-state index contributed by atoms with van der Waals surface area (Å²) < 4.78 is 35.4. The Labute approximate surface area is 216 Å². The van der Waals surface area contributed by atoms with Crippen molar-refractivity contribution in [1.29, 1.82) is 0 Å². The Morgan fingerprint density at radius 2 is 1.56 bits per heavy atom. The van der Waals surface area contributed by atoms with Crippen LogP contribution in [0.4, 0.5) is 8.78 Å². The largest absolute Gasteiger partial charge is 0.508 e. The molecule has 6 heteroatoms. The summed E-state index contributed by atoms with van der Waals surface area (Å²) in [5.41, 5.74) is 2.30. The number of rotatable bonds is 7. The van der Waals surface area contributed by atoms with Gasteiger partial charge in [-0.3, -0.25) is 4.90 Å². The number of nitrogens with zero attached hydrogens (tertiary/aromatic N) is 1. The normalized spacial score (nSPS) is 13.9. The quantitative estimate of drug-likeness (QED) is 0.282. The van der Waals surface area contributed by atoms with Gasteiger partial charge in [-0.05, 0) is 96.2 Å². The summed E-state index contributed by atoms with van der Waals surface area (Å²) in [6, 6.07) is 20.4. The van der Waals surface area contributed by atoms with Crippen LogP contribution in [0.15, 0.2) is 72.8 Å². The first-order valence-electron chi connectivity index (χ1n) is 12.2. The molecule has 3 nitrogen and oxygen atoms in total. The summed E-state index contributed by atoms with van der Waals surface area (Å²) in [5.74, 6) is -0.225. The average Bonchev–Trinajstić information content (AvgIpc) is 2.86. The fourth-order valence-corrected chi connectivity index (χ4v) is 4.94. The monoisotopic (exact) mass is 509 g/mol. The Balaban J connectivity index is 0.00000304. The van der Waals surface area contributed by atoms with E-state index in [9.17, 15) is 13.9 Å². The molecule has 1 aliphatic heterocycles. The van der Waals surface area contributed by atoms with Gasteiger partial charge < -0.3 is 9.84 Å². The molecule has 1 aliphatic rings. The number of phenols is 1. The fraction of sp³-hybridized carbons (Fsp3) is 0.267. The molecule has 0 aromatic heterocycles.